The summed E-state index contributed by atoms with van der Waals surface area (Å²) >= 11 is 3.23. The Balaban J connectivity index is 1.46. The fourth-order valence-electron chi connectivity index (χ4n) is 3.52. The highest BCUT2D eigenvalue weighted by molar-refractivity contribution is 7.17. The van der Waals surface area contributed by atoms with Gasteiger partial charge in [0.15, 0.2) is 0 Å². The number of nitrogens with zero attached hydrogens (tertiary/aromatic N) is 2. The third-order valence-electron chi connectivity index (χ3n) is 4.91. The van der Waals surface area contributed by atoms with Crippen LogP contribution in [-0.4, -0.2) is 29.0 Å². The number of benzene rings is 2. The number of hydrogen-bond acceptors (Lipinski definition) is 6. The molecule has 1 amide bonds. The van der Waals surface area contributed by atoms with Crippen molar-refractivity contribution < 1.29 is 9.53 Å². The SMILES string of the molecule is O=C1C[C@@H](CCOc2cc(-c3cccc4scnc34)cc3ncsc23)CN1. The predicted octanol–water partition coefficient (Wildman–Crippen LogP) is 4.48. The van der Waals surface area contributed by atoms with Crippen LogP contribution in [0, 0.1) is 5.92 Å². The first-order chi connectivity index (χ1) is 13.3. The Kier molecular flexibility index (Phi) is 4.26. The van der Waals surface area contributed by atoms with Crippen LogP contribution in [0.1, 0.15) is 12.8 Å². The van der Waals surface area contributed by atoms with Crippen LogP contribution < -0.4 is 10.1 Å². The number of amides is 1. The summed E-state index contributed by atoms with van der Waals surface area (Å²) in [6, 6.07) is 10.4. The maximum atomic E-state index is 11.3. The van der Waals surface area contributed by atoms with Crippen LogP contribution in [-0.2, 0) is 4.79 Å². The molecule has 0 saturated carbocycles. The molecule has 0 aliphatic carbocycles. The number of nitrogens with one attached hydrogen (secondary N) is 1. The Morgan fingerprint density at radius 2 is 2.11 bits per heavy atom. The fraction of sp³-hybridized carbons (Fsp3) is 0.250. The quantitative estimate of drug-likeness (QED) is 0.541. The Hall–Kier alpha value is -2.51. The molecule has 1 aliphatic rings. The van der Waals surface area contributed by atoms with Crippen LogP contribution in [0.5, 0.6) is 5.75 Å². The monoisotopic (exact) mass is 395 g/mol. The average molecular weight is 396 g/mol. The van der Waals surface area contributed by atoms with Gasteiger partial charge in [-0.3, -0.25) is 4.79 Å². The smallest absolute Gasteiger partial charge is 0.220 e. The minimum atomic E-state index is 0.142. The number of ether oxygens (including phenoxy) is 1. The third kappa shape index (κ3) is 3.17. The van der Waals surface area contributed by atoms with E-state index in [-0.39, 0.29) is 5.91 Å². The lowest BCUT2D eigenvalue weighted by Crippen LogP contribution is -2.14. The Bertz CT molecular complexity index is 1130. The van der Waals surface area contributed by atoms with Crippen molar-refractivity contribution in [2.75, 3.05) is 13.2 Å². The minimum Gasteiger partial charge on any atom is -0.492 e. The molecule has 7 heteroatoms. The highest BCUT2D eigenvalue weighted by Crippen LogP contribution is 2.37. The molecule has 0 bridgehead atoms. The molecule has 1 fully saturated rings. The number of rotatable bonds is 5. The van der Waals surface area contributed by atoms with E-state index in [4.69, 9.17) is 4.74 Å². The van der Waals surface area contributed by atoms with Gasteiger partial charge >= 0.3 is 0 Å². The second-order valence-corrected chi connectivity index (χ2v) is 8.43. The van der Waals surface area contributed by atoms with Gasteiger partial charge in [-0.15, -0.1) is 22.7 Å². The summed E-state index contributed by atoms with van der Waals surface area (Å²) in [6.07, 6.45) is 1.47. The molecule has 3 heterocycles. The van der Waals surface area contributed by atoms with Gasteiger partial charge in [0, 0.05) is 18.5 Å². The topological polar surface area (TPSA) is 64.1 Å². The molecular weight excluding hydrogens is 378 g/mol. The van der Waals surface area contributed by atoms with Crippen LogP contribution in [0.25, 0.3) is 31.6 Å². The van der Waals surface area contributed by atoms with Crippen molar-refractivity contribution in [2.45, 2.75) is 12.8 Å². The van der Waals surface area contributed by atoms with Crippen molar-refractivity contribution in [2.24, 2.45) is 5.92 Å². The van der Waals surface area contributed by atoms with Gasteiger partial charge in [0.1, 0.15) is 5.75 Å². The van der Waals surface area contributed by atoms with Crippen LogP contribution in [0.4, 0.5) is 0 Å². The lowest BCUT2D eigenvalue weighted by Gasteiger charge is -2.12. The zero-order chi connectivity index (χ0) is 18.2. The number of aromatic nitrogens is 2. The molecule has 4 aromatic rings. The van der Waals surface area contributed by atoms with E-state index < -0.39 is 0 Å². The standard InChI is InChI=1S/C20H17N3O2S2/c24-18-6-12(9-21-18)4-5-25-16-8-13(7-15-20(16)27-10-22-15)14-2-1-3-17-19(14)23-11-26-17/h1-3,7-8,10-12H,4-6,9H2,(H,21,24)/t12-/m1/s1. The van der Waals surface area contributed by atoms with E-state index in [1.54, 1.807) is 22.7 Å². The van der Waals surface area contributed by atoms with E-state index in [1.165, 1.54) is 4.70 Å². The van der Waals surface area contributed by atoms with Gasteiger partial charge in [-0.25, -0.2) is 9.97 Å². The first kappa shape index (κ1) is 16.6. The lowest BCUT2D eigenvalue weighted by atomic mass is 10.0. The van der Waals surface area contributed by atoms with Gasteiger partial charge < -0.3 is 10.1 Å². The zero-order valence-electron chi connectivity index (χ0n) is 14.5. The van der Waals surface area contributed by atoms with Crippen molar-refractivity contribution in [3.05, 3.63) is 41.4 Å². The van der Waals surface area contributed by atoms with Gasteiger partial charge in [-0.05, 0) is 36.1 Å². The van der Waals surface area contributed by atoms with E-state index in [9.17, 15) is 4.79 Å². The highest BCUT2D eigenvalue weighted by atomic mass is 32.1. The maximum absolute atomic E-state index is 11.3. The molecule has 1 saturated heterocycles. The van der Waals surface area contributed by atoms with Crippen molar-refractivity contribution in [1.82, 2.24) is 15.3 Å². The van der Waals surface area contributed by atoms with Crippen molar-refractivity contribution >= 4 is 49.0 Å². The predicted molar refractivity (Wildman–Crippen MR) is 109 cm³/mol. The van der Waals surface area contributed by atoms with E-state index in [0.717, 1.165) is 45.6 Å². The second-order valence-electron chi connectivity index (χ2n) is 6.69. The highest BCUT2D eigenvalue weighted by Gasteiger charge is 2.21. The van der Waals surface area contributed by atoms with Crippen molar-refractivity contribution in [1.29, 1.82) is 0 Å². The molecule has 5 rings (SSSR count). The van der Waals surface area contributed by atoms with E-state index in [2.05, 4.69) is 45.6 Å². The molecule has 2 aromatic heterocycles. The van der Waals surface area contributed by atoms with Crippen molar-refractivity contribution in [3.8, 4) is 16.9 Å². The minimum absolute atomic E-state index is 0.142. The van der Waals surface area contributed by atoms with Crippen LogP contribution in [0.2, 0.25) is 0 Å². The van der Waals surface area contributed by atoms with E-state index in [1.807, 2.05) is 11.0 Å². The molecule has 1 N–H and O–H groups in total. The van der Waals surface area contributed by atoms with Gasteiger partial charge in [-0.1, -0.05) is 12.1 Å². The molecule has 5 nitrogen and oxygen atoms in total. The number of hydrogen-bond donors (Lipinski definition) is 1. The molecular formula is C20H17N3O2S2. The van der Waals surface area contributed by atoms with Crippen molar-refractivity contribution in [3.63, 3.8) is 0 Å². The van der Waals surface area contributed by atoms with Crippen LogP contribution >= 0.6 is 22.7 Å². The summed E-state index contributed by atoms with van der Waals surface area (Å²) in [6.45, 7) is 1.35. The largest absolute Gasteiger partial charge is 0.492 e. The maximum Gasteiger partial charge on any atom is 0.220 e. The molecule has 0 spiro atoms. The summed E-state index contributed by atoms with van der Waals surface area (Å²) in [5, 5.41) is 2.88. The fourth-order valence-corrected chi connectivity index (χ4v) is 4.97. The van der Waals surface area contributed by atoms with E-state index in [0.29, 0.717) is 18.9 Å². The Morgan fingerprint density at radius 1 is 1.19 bits per heavy atom. The van der Waals surface area contributed by atoms with Crippen LogP contribution in [0.15, 0.2) is 41.4 Å². The first-order valence-electron chi connectivity index (χ1n) is 8.87. The summed E-state index contributed by atoms with van der Waals surface area (Å²) in [5.74, 6) is 1.36. The number of carbonyl (C=O) groups excluding carboxylic acids is 1. The molecule has 2 aromatic carbocycles. The molecule has 1 aliphatic heterocycles. The number of para-hydroxylation sites is 1. The van der Waals surface area contributed by atoms with Gasteiger partial charge in [0.05, 0.1) is 38.1 Å². The van der Waals surface area contributed by atoms with Crippen LogP contribution in [0.3, 0.4) is 0 Å². The third-order valence-corrected chi connectivity index (χ3v) is 6.57. The summed E-state index contributed by atoms with van der Waals surface area (Å²) in [7, 11) is 0. The molecule has 0 radical (unpaired) electrons. The first-order valence-corrected chi connectivity index (χ1v) is 10.6. The summed E-state index contributed by atoms with van der Waals surface area (Å²) in [4.78, 5) is 20.4. The van der Waals surface area contributed by atoms with Gasteiger partial charge in [0.25, 0.3) is 0 Å². The molecule has 136 valence electrons. The zero-order valence-corrected chi connectivity index (χ0v) is 16.1. The number of thiazole rings is 2. The Morgan fingerprint density at radius 3 is 3.00 bits per heavy atom. The molecule has 1 atom stereocenters. The van der Waals surface area contributed by atoms with Gasteiger partial charge in [-0.2, -0.15) is 0 Å². The lowest BCUT2D eigenvalue weighted by molar-refractivity contribution is -0.119. The van der Waals surface area contributed by atoms with Gasteiger partial charge in [0.2, 0.25) is 5.91 Å². The summed E-state index contributed by atoms with van der Waals surface area (Å²) < 4.78 is 8.38. The second kappa shape index (κ2) is 6.90. The van der Waals surface area contributed by atoms with E-state index >= 15 is 0 Å². The summed E-state index contributed by atoms with van der Waals surface area (Å²) in [5.41, 5.74) is 7.85. The number of fused-ring (bicyclic) bond motifs is 2. The average Bonchev–Trinajstić information content (AvgIpc) is 3.41. The molecule has 27 heavy (non-hydrogen) atoms. The molecule has 0 unspecified atom stereocenters. The normalized spacial score (nSPS) is 16.9. The Labute approximate surface area is 164 Å². The number of carbonyl (C=O) groups is 1.